The van der Waals surface area contributed by atoms with E-state index in [1.807, 2.05) is 0 Å². The van der Waals surface area contributed by atoms with Gasteiger partial charge < -0.3 is 10.6 Å². The summed E-state index contributed by atoms with van der Waals surface area (Å²) in [5, 5.41) is 0. The van der Waals surface area contributed by atoms with E-state index >= 15 is 0 Å². The van der Waals surface area contributed by atoms with E-state index in [2.05, 4.69) is 16.7 Å². The maximum atomic E-state index is 5.69. The maximum absolute atomic E-state index is 5.69. The number of nitrogens with two attached hydrogens (primary N) is 1. The molecular weight excluding hydrogens is 210 g/mol. The van der Waals surface area contributed by atoms with Crippen molar-refractivity contribution in [2.75, 3.05) is 39.3 Å². The fraction of sp³-hybridized carbons (Fsp3) is 1.00. The molecular formula is C14H29N3. The van der Waals surface area contributed by atoms with E-state index in [1.54, 1.807) is 0 Å². The van der Waals surface area contributed by atoms with Crippen LogP contribution in [-0.4, -0.2) is 55.1 Å². The Balaban J connectivity index is 1.68. The summed E-state index contributed by atoms with van der Waals surface area (Å²) >= 11 is 0. The predicted molar refractivity (Wildman–Crippen MR) is 73.1 cm³/mol. The van der Waals surface area contributed by atoms with E-state index in [0.29, 0.717) is 0 Å². The van der Waals surface area contributed by atoms with Crippen LogP contribution in [0, 0.1) is 5.92 Å². The van der Waals surface area contributed by atoms with Gasteiger partial charge in [-0.25, -0.2) is 0 Å². The van der Waals surface area contributed by atoms with E-state index in [1.165, 1.54) is 64.8 Å². The highest BCUT2D eigenvalue weighted by molar-refractivity contribution is 4.81. The first kappa shape index (κ1) is 13.3. The van der Waals surface area contributed by atoms with Crippen molar-refractivity contribution in [3.8, 4) is 0 Å². The monoisotopic (exact) mass is 239 g/mol. The molecule has 17 heavy (non-hydrogen) atoms. The zero-order valence-corrected chi connectivity index (χ0v) is 11.4. The molecule has 0 radical (unpaired) electrons. The van der Waals surface area contributed by atoms with Gasteiger partial charge in [-0.15, -0.1) is 0 Å². The molecule has 1 unspecified atom stereocenters. The lowest BCUT2D eigenvalue weighted by molar-refractivity contribution is 0.0713. The summed E-state index contributed by atoms with van der Waals surface area (Å²) in [5.74, 6) is 1.02. The Hall–Kier alpha value is -0.120. The van der Waals surface area contributed by atoms with Gasteiger partial charge in [-0.1, -0.05) is 13.3 Å². The molecule has 0 spiro atoms. The molecule has 1 heterocycles. The molecule has 3 heteroatoms. The molecule has 0 bridgehead atoms. The lowest BCUT2D eigenvalue weighted by Gasteiger charge is -2.41. The number of rotatable bonds is 6. The summed E-state index contributed by atoms with van der Waals surface area (Å²) in [7, 11) is 0. The van der Waals surface area contributed by atoms with Crippen molar-refractivity contribution in [1.29, 1.82) is 0 Å². The van der Waals surface area contributed by atoms with Gasteiger partial charge in [0.15, 0.2) is 0 Å². The van der Waals surface area contributed by atoms with Gasteiger partial charge in [-0.3, -0.25) is 4.90 Å². The molecule has 0 aromatic heterocycles. The molecule has 0 amide bonds. The van der Waals surface area contributed by atoms with E-state index < -0.39 is 0 Å². The van der Waals surface area contributed by atoms with E-state index in [9.17, 15) is 0 Å². The Morgan fingerprint density at radius 3 is 2.35 bits per heavy atom. The van der Waals surface area contributed by atoms with Crippen LogP contribution in [0.3, 0.4) is 0 Å². The lowest BCUT2D eigenvalue weighted by atomic mass is 9.85. The maximum Gasteiger partial charge on any atom is 0.0113 e. The first-order valence-corrected chi connectivity index (χ1v) is 7.50. The normalized spacial score (nSPS) is 25.8. The molecule has 0 aromatic carbocycles. The van der Waals surface area contributed by atoms with Crippen LogP contribution in [-0.2, 0) is 0 Å². The van der Waals surface area contributed by atoms with Crippen molar-refractivity contribution in [2.24, 2.45) is 11.7 Å². The molecule has 1 saturated carbocycles. The van der Waals surface area contributed by atoms with Crippen LogP contribution in [0.5, 0.6) is 0 Å². The van der Waals surface area contributed by atoms with Crippen LogP contribution in [0.1, 0.15) is 39.0 Å². The van der Waals surface area contributed by atoms with Gasteiger partial charge in [0.1, 0.15) is 0 Å². The SMILES string of the molecule is CCC(CCN)N1CCN(CC2CCC2)CC1. The Morgan fingerprint density at radius 2 is 1.88 bits per heavy atom. The molecule has 0 aromatic rings. The zero-order valence-electron chi connectivity index (χ0n) is 11.4. The van der Waals surface area contributed by atoms with Gasteiger partial charge in [0, 0.05) is 38.8 Å². The molecule has 1 aliphatic carbocycles. The van der Waals surface area contributed by atoms with Crippen molar-refractivity contribution in [3.05, 3.63) is 0 Å². The fourth-order valence-corrected chi connectivity index (χ4v) is 3.19. The first-order chi connectivity index (χ1) is 8.33. The third-order valence-corrected chi connectivity index (χ3v) is 4.64. The molecule has 2 fully saturated rings. The van der Waals surface area contributed by atoms with E-state index in [0.717, 1.165) is 18.5 Å². The van der Waals surface area contributed by atoms with Gasteiger partial charge >= 0.3 is 0 Å². The summed E-state index contributed by atoms with van der Waals surface area (Å²) < 4.78 is 0. The topological polar surface area (TPSA) is 32.5 Å². The summed E-state index contributed by atoms with van der Waals surface area (Å²) in [6.45, 7) is 9.55. The van der Waals surface area contributed by atoms with Gasteiger partial charge in [0.25, 0.3) is 0 Å². The second-order valence-corrected chi connectivity index (χ2v) is 5.77. The van der Waals surface area contributed by atoms with Gasteiger partial charge in [0.05, 0.1) is 0 Å². The standard InChI is InChI=1S/C14H29N3/c1-2-14(6-7-15)17-10-8-16(9-11-17)12-13-4-3-5-13/h13-14H,2-12,15H2,1H3. The van der Waals surface area contributed by atoms with Crippen molar-refractivity contribution >= 4 is 0 Å². The van der Waals surface area contributed by atoms with Crippen molar-refractivity contribution in [1.82, 2.24) is 9.80 Å². The van der Waals surface area contributed by atoms with Gasteiger partial charge in [0.2, 0.25) is 0 Å². The molecule has 3 nitrogen and oxygen atoms in total. The quantitative estimate of drug-likeness (QED) is 0.763. The van der Waals surface area contributed by atoms with Crippen molar-refractivity contribution < 1.29 is 0 Å². The summed E-state index contributed by atoms with van der Waals surface area (Å²) in [6.07, 6.45) is 6.84. The van der Waals surface area contributed by atoms with Gasteiger partial charge in [-0.05, 0) is 38.1 Å². The number of hydrogen-bond acceptors (Lipinski definition) is 3. The highest BCUT2D eigenvalue weighted by atomic mass is 15.3. The first-order valence-electron chi connectivity index (χ1n) is 7.50. The molecule has 2 aliphatic rings. The second-order valence-electron chi connectivity index (χ2n) is 5.77. The largest absolute Gasteiger partial charge is 0.330 e. The van der Waals surface area contributed by atoms with Crippen molar-refractivity contribution in [2.45, 2.75) is 45.1 Å². The zero-order chi connectivity index (χ0) is 12.1. The minimum absolute atomic E-state index is 0.728. The summed E-state index contributed by atoms with van der Waals surface area (Å²) in [6, 6.07) is 0.728. The molecule has 1 aliphatic heterocycles. The number of nitrogens with zero attached hydrogens (tertiary/aromatic N) is 2. The second kappa shape index (κ2) is 6.72. The summed E-state index contributed by atoms with van der Waals surface area (Å²) in [4.78, 5) is 5.33. The number of hydrogen-bond donors (Lipinski definition) is 1. The predicted octanol–water partition coefficient (Wildman–Crippen LogP) is 1.53. The molecule has 2 N–H and O–H groups in total. The Labute approximate surface area is 106 Å². The van der Waals surface area contributed by atoms with Crippen LogP contribution in [0.25, 0.3) is 0 Å². The van der Waals surface area contributed by atoms with E-state index in [4.69, 9.17) is 5.73 Å². The number of piperazine rings is 1. The minimum atomic E-state index is 0.728. The average Bonchev–Trinajstić information content (AvgIpc) is 2.32. The molecule has 1 atom stereocenters. The fourth-order valence-electron chi connectivity index (χ4n) is 3.19. The van der Waals surface area contributed by atoms with E-state index in [-0.39, 0.29) is 0 Å². The third-order valence-electron chi connectivity index (χ3n) is 4.64. The lowest BCUT2D eigenvalue weighted by Crippen LogP contribution is -2.51. The molecule has 100 valence electrons. The van der Waals surface area contributed by atoms with Crippen LogP contribution >= 0.6 is 0 Å². The van der Waals surface area contributed by atoms with Crippen molar-refractivity contribution in [3.63, 3.8) is 0 Å². The van der Waals surface area contributed by atoms with Crippen LogP contribution < -0.4 is 5.73 Å². The average molecular weight is 239 g/mol. The highest BCUT2D eigenvalue weighted by Crippen LogP contribution is 2.27. The minimum Gasteiger partial charge on any atom is -0.330 e. The third kappa shape index (κ3) is 3.67. The Bertz CT molecular complexity index is 208. The van der Waals surface area contributed by atoms with Crippen LogP contribution in [0.2, 0.25) is 0 Å². The highest BCUT2D eigenvalue weighted by Gasteiger charge is 2.25. The Morgan fingerprint density at radius 1 is 1.18 bits per heavy atom. The Kier molecular flexibility index (Phi) is 5.26. The van der Waals surface area contributed by atoms with Crippen LogP contribution in [0.15, 0.2) is 0 Å². The summed E-state index contributed by atoms with van der Waals surface area (Å²) in [5.41, 5.74) is 5.69. The smallest absolute Gasteiger partial charge is 0.0113 e. The molecule has 1 saturated heterocycles. The molecule has 2 rings (SSSR count). The van der Waals surface area contributed by atoms with Crippen LogP contribution in [0.4, 0.5) is 0 Å². The van der Waals surface area contributed by atoms with Gasteiger partial charge in [-0.2, -0.15) is 0 Å².